The van der Waals surface area contributed by atoms with Crippen LogP contribution in [-0.4, -0.2) is 50.0 Å². The van der Waals surface area contributed by atoms with Crippen molar-refractivity contribution in [2.45, 2.75) is 141 Å². The van der Waals surface area contributed by atoms with Gasteiger partial charge in [0.2, 0.25) is 5.91 Å². The van der Waals surface area contributed by atoms with E-state index in [2.05, 4.69) is 12.2 Å². The topological polar surface area (TPSA) is 187 Å². The summed E-state index contributed by atoms with van der Waals surface area (Å²) in [6.45, 7) is 2.26. The van der Waals surface area contributed by atoms with E-state index in [9.17, 15) is 18.9 Å². The number of unbranched alkanes of at least 4 members (excludes halogenated alkanes) is 16. The maximum Gasteiger partial charge on any atom is 0.335 e. The molecule has 1 amide bonds. The number of benzene rings is 1. The highest BCUT2D eigenvalue weighted by Gasteiger charge is 2.13. The van der Waals surface area contributed by atoms with Crippen LogP contribution in [0.25, 0.3) is 0 Å². The zero-order valence-corrected chi connectivity index (χ0v) is 26.9. The van der Waals surface area contributed by atoms with Crippen molar-refractivity contribution in [3.63, 3.8) is 0 Å². The van der Waals surface area contributed by atoms with Crippen LogP contribution in [0.4, 0.5) is 5.69 Å². The first-order valence-corrected chi connectivity index (χ1v) is 17.8. The zero-order chi connectivity index (χ0) is 34.1. The van der Waals surface area contributed by atoms with Gasteiger partial charge in [0.25, 0.3) is 0 Å². The fourth-order valence-corrected chi connectivity index (χ4v) is 5.07. The molecule has 10 nitrogen and oxygen atoms in total. The molecule has 0 bridgehead atoms. The minimum Gasteiger partial charge on any atom is -0.480 e. The highest BCUT2D eigenvalue weighted by Crippen LogP contribution is 2.35. The summed E-state index contributed by atoms with van der Waals surface area (Å²) in [5.74, 6) is -2.47. The van der Waals surface area contributed by atoms with Crippen molar-refractivity contribution in [1.29, 1.82) is 0 Å². The molecule has 1 unspecified atom stereocenters. The largest absolute Gasteiger partial charge is 0.480 e. The second-order valence-electron chi connectivity index (χ2n) is 11.1. The van der Waals surface area contributed by atoms with Gasteiger partial charge < -0.3 is 31.1 Å². The fraction of sp³-hybridized carbons (Fsp3) is 0.719. The van der Waals surface area contributed by atoms with E-state index in [1.807, 2.05) is 0 Å². The normalized spacial score (nSPS) is 12.5. The SMILES string of the molecule is NC(CCCCCP(=O)(O)O)C(=O)O.[2H]c1c(NC(=O)CCCCCCCCCCCCCCCCC)ccc(C(=O)O)c1[2H]. The Balaban J connectivity index is 0.00000116. The summed E-state index contributed by atoms with van der Waals surface area (Å²) in [5.41, 5.74) is 5.20. The van der Waals surface area contributed by atoms with Crippen molar-refractivity contribution in [2.75, 3.05) is 11.5 Å². The molecule has 0 aliphatic carbocycles. The first kappa shape index (κ1) is 36.9. The van der Waals surface area contributed by atoms with Crippen LogP contribution < -0.4 is 11.1 Å². The molecule has 43 heavy (non-hydrogen) atoms. The number of aromatic carboxylic acids is 1. The quantitative estimate of drug-likeness (QED) is 0.0464. The Hall–Kier alpha value is -2.26. The fourth-order valence-electron chi connectivity index (χ4n) is 4.43. The molecule has 1 aromatic rings. The molecule has 0 aliphatic rings. The summed E-state index contributed by atoms with van der Waals surface area (Å²) in [6, 6.07) is 1.13. The summed E-state index contributed by atoms with van der Waals surface area (Å²) in [5, 5.41) is 20.0. The summed E-state index contributed by atoms with van der Waals surface area (Å²) >= 11 is 0. The van der Waals surface area contributed by atoms with Crippen molar-refractivity contribution >= 4 is 31.1 Å². The van der Waals surface area contributed by atoms with E-state index in [0.29, 0.717) is 32.1 Å². The predicted octanol–water partition coefficient (Wildman–Crippen LogP) is 7.72. The summed E-state index contributed by atoms with van der Waals surface area (Å²) < 4.78 is 26.0. The number of carboxylic acid groups (broad SMARTS) is 2. The van der Waals surface area contributed by atoms with E-state index in [1.54, 1.807) is 0 Å². The van der Waals surface area contributed by atoms with Gasteiger partial charge in [0.1, 0.15) is 6.04 Å². The molecular formula is C32H57N2O8P. The third-order valence-corrected chi connectivity index (χ3v) is 7.94. The van der Waals surface area contributed by atoms with Gasteiger partial charge >= 0.3 is 19.5 Å². The van der Waals surface area contributed by atoms with E-state index in [4.69, 9.17) is 28.5 Å². The smallest absolute Gasteiger partial charge is 0.335 e. The summed E-state index contributed by atoms with van der Waals surface area (Å²) in [4.78, 5) is 50.3. The number of carboxylic acids is 2. The molecule has 1 atom stereocenters. The average molecular weight is 631 g/mol. The van der Waals surface area contributed by atoms with Gasteiger partial charge in [0, 0.05) is 18.3 Å². The molecule has 0 spiro atoms. The Kier molecular flexibility index (Phi) is 22.5. The van der Waals surface area contributed by atoms with Gasteiger partial charge in [-0.3, -0.25) is 14.2 Å². The van der Waals surface area contributed by atoms with Crippen molar-refractivity contribution in [3.05, 3.63) is 29.8 Å². The predicted molar refractivity (Wildman–Crippen MR) is 173 cm³/mol. The van der Waals surface area contributed by atoms with Crippen LogP contribution in [0.2, 0.25) is 0 Å². The van der Waals surface area contributed by atoms with Gasteiger partial charge in [-0.05, 0) is 43.5 Å². The minimum absolute atomic E-state index is 0.144. The van der Waals surface area contributed by atoms with Gasteiger partial charge in [0.15, 0.2) is 0 Å². The van der Waals surface area contributed by atoms with Crippen molar-refractivity contribution < 1.29 is 41.7 Å². The molecule has 11 heteroatoms. The van der Waals surface area contributed by atoms with Gasteiger partial charge in [-0.15, -0.1) is 0 Å². The number of carbonyl (C=O) groups is 3. The monoisotopic (exact) mass is 630 g/mol. The molecule has 0 radical (unpaired) electrons. The summed E-state index contributed by atoms with van der Waals surface area (Å²) in [7, 11) is -3.90. The lowest BCUT2D eigenvalue weighted by atomic mass is 10.0. The number of hydrogen-bond donors (Lipinski definition) is 6. The van der Waals surface area contributed by atoms with Crippen LogP contribution in [0.5, 0.6) is 0 Å². The third kappa shape index (κ3) is 27.1. The van der Waals surface area contributed by atoms with E-state index in [0.717, 1.165) is 19.3 Å². The van der Waals surface area contributed by atoms with Crippen molar-refractivity contribution in [2.24, 2.45) is 5.73 Å². The Labute approximate surface area is 261 Å². The lowest BCUT2D eigenvalue weighted by Crippen LogP contribution is -2.29. The van der Waals surface area contributed by atoms with Crippen LogP contribution >= 0.6 is 7.60 Å². The van der Waals surface area contributed by atoms with E-state index in [-0.39, 0.29) is 35.4 Å². The zero-order valence-electron chi connectivity index (χ0n) is 28.0. The molecule has 0 saturated carbocycles. The van der Waals surface area contributed by atoms with E-state index >= 15 is 0 Å². The molecule has 248 valence electrons. The molecule has 0 aliphatic heterocycles. The minimum atomic E-state index is -3.90. The highest BCUT2D eigenvalue weighted by atomic mass is 31.2. The number of rotatable bonds is 25. The molecule has 1 aromatic carbocycles. The lowest BCUT2D eigenvalue weighted by Gasteiger charge is -2.06. The molecule has 0 aromatic heterocycles. The maximum atomic E-state index is 12.1. The average Bonchev–Trinajstić information content (AvgIpc) is 2.96. The van der Waals surface area contributed by atoms with Gasteiger partial charge in [-0.1, -0.05) is 110 Å². The standard InChI is InChI=1S/C25H41NO3.C7H16NO5P/c1-2-3-4-5-6-7-8-9-10-11-12-13-14-15-16-17-24(27)26-23-20-18-22(19-21-23)25(28)29;8-6(7(9)10)4-2-1-3-5-14(11,12)13/h18-21H,2-17H2,1H3,(H,26,27)(H,28,29);6H,1-5,8H2,(H,9,10)(H2,11,12,13)/i18D,20D;. The van der Waals surface area contributed by atoms with Crippen LogP contribution in [0.1, 0.15) is 148 Å². The molecule has 0 saturated heterocycles. The number of nitrogens with two attached hydrogens (primary N) is 1. The Morgan fingerprint density at radius 1 is 0.791 bits per heavy atom. The molecule has 0 heterocycles. The van der Waals surface area contributed by atoms with E-state index in [1.165, 1.54) is 89.2 Å². The van der Waals surface area contributed by atoms with Gasteiger partial charge in [0.05, 0.1) is 8.30 Å². The molecule has 0 fully saturated rings. The Morgan fingerprint density at radius 2 is 1.28 bits per heavy atom. The highest BCUT2D eigenvalue weighted by molar-refractivity contribution is 7.51. The number of hydrogen-bond acceptors (Lipinski definition) is 5. The molecular weight excluding hydrogens is 571 g/mol. The first-order chi connectivity index (χ1) is 21.3. The third-order valence-electron chi connectivity index (χ3n) is 7.04. The van der Waals surface area contributed by atoms with Gasteiger partial charge in [-0.2, -0.15) is 0 Å². The van der Waals surface area contributed by atoms with Crippen LogP contribution in [0, 0.1) is 0 Å². The second kappa shape index (κ2) is 26.2. The Bertz CT molecular complexity index is 1040. The first-order valence-electron chi connectivity index (χ1n) is 17.0. The summed E-state index contributed by atoms with van der Waals surface area (Å²) in [6.07, 6.45) is 21.3. The number of nitrogens with one attached hydrogen (secondary N) is 1. The Morgan fingerprint density at radius 3 is 1.74 bits per heavy atom. The maximum absolute atomic E-state index is 12.1. The lowest BCUT2D eigenvalue weighted by molar-refractivity contribution is -0.138. The van der Waals surface area contributed by atoms with Gasteiger partial charge in [-0.25, -0.2) is 4.79 Å². The van der Waals surface area contributed by atoms with Crippen LogP contribution in [-0.2, 0) is 14.2 Å². The van der Waals surface area contributed by atoms with Crippen LogP contribution in [0.15, 0.2) is 24.2 Å². The number of aliphatic carboxylic acids is 1. The van der Waals surface area contributed by atoms with Crippen LogP contribution in [0.3, 0.4) is 0 Å². The second-order valence-corrected chi connectivity index (χ2v) is 12.9. The number of anilines is 1. The van der Waals surface area contributed by atoms with Crippen molar-refractivity contribution in [3.8, 4) is 0 Å². The molecule has 7 N–H and O–H groups in total. The van der Waals surface area contributed by atoms with E-state index < -0.39 is 25.6 Å². The van der Waals surface area contributed by atoms with Crippen molar-refractivity contribution in [1.82, 2.24) is 0 Å². The number of carbonyl (C=O) groups excluding carboxylic acids is 1. The molecule has 1 rings (SSSR count). The number of amides is 1.